The van der Waals surface area contributed by atoms with E-state index in [1.165, 1.54) is 6.07 Å². The Morgan fingerprint density at radius 3 is 2.60 bits per heavy atom. The summed E-state index contributed by atoms with van der Waals surface area (Å²) in [6.45, 7) is 0. The maximum atomic E-state index is 12.9. The molecule has 0 heterocycles. The average molecular weight is 214 g/mol. The lowest BCUT2D eigenvalue weighted by Crippen LogP contribution is -2.23. The summed E-state index contributed by atoms with van der Waals surface area (Å²) in [5.74, 6) is -2.34. The molecule has 1 amide bonds. The molecule has 0 fully saturated rings. The van der Waals surface area contributed by atoms with Crippen LogP contribution in [0.15, 0.2) is 18.2 Å². The minimum atomic E-state index is -0.933. The van der Waals surface area contributed by atoms with E-state index in [0.29, 0.717) is 5.56 Å². The molecule has 0 saturated heterocycles. The van der Waals surface area contributed by atoms with Crippen LogP contribution in [0.5, 0.6) is 0 Å². The van der Waals surface area contributed by atoms with E-state index in [4.69, 9.17) is 5.73 Å². The Morgan fingerprint density at radius 1 is 1.47 bits per heavy atom. The summed E-state index contributed by atoms with van der Waals surface area (Å²) in [7, 11) is 1.62. The van der Waals surface area contributed by atoms with Gasteiger partial charge in [0, 0.05) is 12.5 Å². The summed E-state index contributed by atoms with van der Waals surface area (Å²) in [6, 6.07) is 3.11. The summed E-state index contributed by atoms with van der Waals surface area (Å²) in [5, 5.41) is 2.81. The van der Waals surface area contributed by atoms with E-state index < -0.39 is 23.6 Å². The van der Waals surface area contributed by atoms with E-state index in [9.17, 15) is 13.6 Å². The van der Waals surface area contributed by atoms with Gasteiger partial charge >= 0.3 is 0 Å². The molecule has 1 unspecified atom stereocenters. The highest BCUT2D eigenvalue weighted by Gasteiger charge is 2.14. The number of hydrogen-bond donors (Lipinski definition) is 2. The molecular formula is C10H12F2N2O. The van der Waals surface area contributed by atoms with Crippen LogP contribution >= 0.6 is 0 Å². The number of primary amides is 1. The second-order valence-corrected chi connectivity index (χ2v) is 3.19. The molecule has 0 spiro atoms. The van der Waals surface area contributed by atoms with Crippen molar-refractivity contribution < 1.29 is 13.6 Å². The summed E-state index contributed by atoms with van der Waals surface area (Å²) < 4.78 is 25.5. The molecular weight excluding hydrogens is 202 g/mol. The van der Waals surface area contributed by atoms with Crippen molar-refractivity contribution in [2.24, 2.45) is 5.73 Å². The molecule has 15 heavy (non-hydrogen) atoms. The standard InChI is InChI=1S/C10H12F2N2O/c1-14-9(5-10(13)15)6-2-3-7(11)8(12)4-6/h2-4,9,14H,5H2,1H3,(H2,13,15). The van der Waals surface area contributed by atoms with Gasteiger partial charge in [-0.15, -0.1) is 0 Å². The Kier molecular flexibility index (Phi) is 3.74. The number of carbonyl (C=O) groups excluding carboxylic acids is 1. The first-order valence-electron chi connectivity index (χ1n) is 4.45. The maximum absolute atomic E-state index is 12.9. The van der Waals surface area contributed by atoms with Crippen LogP contribution in [0.3, 0.4) is 0 Å². The molecule has 5 heteroatoms. The number of benzene rings is 1. The van der Waals surface area contributed by atoms with Crippen molar-refractivity contribution in [2.45, 2.75) is 12.5 Å². The molecule has 0 aliphatic rings. The van der Waals surface area contributed by atoms with Gasteiger partial charge in [0.15, 0.2) is 11.6 Å². The second kappa shape index (κ2) is 4.84. The van der Waals surface area contributed by atoms with E-state index in [2.05, 4.69) is 5.32 Å². The lowest BCUT2D eigenvalue weighted by molar-refractivity contribution is -0.118. The van der Waals surface area contributed by atoms with Crippen molar-refractivity contribution in [3.8, 4) is 0 Å². The lowest BCUT2D eigenvalue weighted by Gasteiger charge is -2.14. The van der Waals surface area contributed by atoms with Gasteiger partial charge in [0.25, 0.3) is 0 Å². The number of hydrogen-bond acceptors (Lipinski definition) is 2. The number of carbonyl (C=O) groups is 1. The molecule has 3 nitrogen and oxygen atoms in total. The van der Waals surface area contributed by atoms with Gasteiger partial charge in [0.05, 0.1) is 0 Å². The van der Waals surface area contributed by atoms with Crippen molar-refractivity contribution >= 4 is 5.91 Å². The third kappa shape index (κ3) is 2.99. The van der Waals surface area contributed by atoms with Crippen LogP contribution < -0.4 is 11.1 Å². The summed E-state index contributed by atoms with van der Waals surface area (Å²) in [6.07, 6.45) is 0.0432. The van der Waals surface area contributed by atoms with E-state index >= 15 is 0 Å². The first-order valence-corrected chi connectivity index (χ1v) is 4.45. The molecule has 82 valence electrons. The Labute approximate surface area is 86.3 Å². The second-order valence-electron chi connectivity index (χ2n) is 3.19. The molecule has 0 aliphatic heterocycles. The molecule has 3 N–H and O–H groups in total. The van der Waals surface area contributed by atoms with E-state index in [1.54, 1.807) is 7.05 Å². The topological polar surface area (TPSA) is 55.1 Å². The molecule has 0 saturated carbocycles. The molecule has 0 aromatic heterocycles. The number of rotatable bonds is 4. The zero-order valence-electron chi connectivity index (χ0n) is 8.26. The average Bonchev–Trinajstić information content (AvgIpc) is 2.18. The van der Waals surface area contributed by atoms with Gasteiger partial charge < -0.3 is 11.1 Å². The maximum Gasteiger partial charge on any atom is 0.219 e. The summed E-state index contributed by atoms with van der Waals surface area (Å²) in [4.78, 5) is 10.7. The van der Waals surface area contributed by atoms with E-state index in [-0.39, 0.29) is 6.42 Å². The van der Waals surface area contributed by atoms with E-state index in [1.807, 2.05) is 0 Å². The molecule has 1 rings (SSSR count). The molecule has 0 bridgehead atoms. The van der Waals surface area contributed by atoms with Crippen LogP contribution in [-0.4, -0.2) is 13.0 Å². The third-order valence-corrected chi connectivity index (χ3v) is 2.10. The number of halogens is 2. The van der Waals surface area contributed by atoms with Crippen LogP contribution in [0.2, 0.25) is 0 Å². The largest absolute Gasteiger partial charge is 0.370 e. The van der Waals surface area contributed by atoms with E-state index in [0.717, 1.165) is 12.1 Å². The highest BCUT2D eigenvalue weighted by Crippen LogP contribution is 2.18. The Hall–Kier alpha value is -1.49. The molecule has 1 aromatic carbocycles. The molecule has 1 aromatic rings. The Balaban J connectivity index is 2.92. The van der Waals surface area contributed by atoms with Gasteiger partial charge in [-0.3, -0.25) is 4.79 Å². The minimum absolute atomic E-state index is 0.0432. The smallest absolute Gasteiger partial charge is 0.219 e. The highest BCUT2D eigenvalue weighted by atomic mass is 19.2. The SMILES string of the molecule is CNC(CC(N)=O)c1ccc(F)c(F)c1. The summed E-state index contributed by atoms with van der Waals surface area (Å²) >= 11 is 0. The van der Waals surface area contributed by atoms with Crippen molar-refractivity contribution in [2.75, 3.05) is 7.05 Å². The predicted molar refractivity (Wildman–Crippen MR) is 52.0 cm³/mol. The van der Waals surface area contributed by atoms with Gasteiger partial charge in [-0.1, -0.05) is 6.07 Å². The van der Waals surface area contributed by atoms with Crippen molar-refractivity contribution in [3.05, 3.63) is 35.4 Å². The normalized spacial score (nSPS) is 12.5. The van der Waals surface area contributed by atoms with Crippen molar-refractivity contribution in [3.63, 3.8) is 0 Å². The number of amides is 1. The minimum Gasteiger partial charge on any atom is -0.370 e. The highest BCUT2D eigenvalue weighted by molar-refractivity contribution is 5.74. The van der Waals surface area contributed by atoms with Gasteiger partial charge in [0.1, 0.15) is 0 Å². The van der Waals surface area contributed by atoms with Crippen molar-refractivity contribution in [1.82, 2.24) is 5.32 Å². The zero-order chi connectivity index (χ0) is 11.4. The van der Waals surface area contributed by atoms with Gasteiger partial charge in [-0.25, -0.2) is 8.78 Å². The first kappa shape index (κ1) is 11.6. The molecule has 1 atom stereocenters. The van der Waals surface area contributed by atoms with Crippen LogP contribution in [0.1, 0.15) is 18.0 Å². The van der Waals surface area contributed by atoms with Crippen molar-refractivity contribution in [1.29, 1.82) is 0 Å². The fourth-order valence-electron chi connectivity index (χ4n) is 1.32. The first-order chi connectivity index (χ1) is 7.04. The van der Waals surface area contributed by atoms with Crippen LogP contribution in [0.4, 0.5) is 8.78 Å². The van der Waals surface area contributed by atoms with Gasteiger partial charge in [-0.2, -0.15) is 0 Å². The predicted octanol–water partition coefficient (Wildman–Crippen LogP) is 1.10. The van der Waals surface area contributed by atoms with Crippen LogP contribution in [0.25, 0.3) is 0 Å². The van der Waals surface area contributed by atoms with Crippen LogP contribution in [0, 0.1) is 11.6 Å². The Morgan fingerprint density at radius 2 is 2.13 bits per heavy atom. The fourth-order valence-corrected chi connectivity index (χ4v) is 1.32. The number of nitrogens with two attached hydrogens (primary N) is 1. The molecule has 0 aliphatic carbocycles. The lowest BCUT2D eigenvalue weighted by atomic mass is 10.0. The van der Waals surface area contributed by atoms with Gasteiger partial charge in [0.2, 0.25) is 5.91 Å². The quantitative estimate of drug-likeness (QED) is 0.788. The van der Waals surface area contributed by atoms with Gasteiger partial charge in [-0.05, 0) is 24.7 Å². The third-order valence-electron chi connectivity index (χ3n) is 2.10. The zero-order valence-corrected chi connectivity index (χ0v) is 8.26. The Bertz CT molecular complexity index is 368. The fraction of sp³-hybridized carbons (Fsp3) is 0.300. The molecule has 0 radical (unpaired) electrons. The summed E-state index contributed by atoms with van der Waals surface area (Å²) in [5.41, 5.74) is 5.52. The monoisotopic (exact) mass is 214 g/mol. The number of nitrogens with one attached hydrogen (secondary N) is 1. The van der Waals surface area contributed by atoms with Crippen LogP contribution in [-0.2, 0) is 4.79 Å².